The van der Waals surface area contributed by atoms with E-state index in [1.807, 2.05) is 0 Å². The van der Waals surface area contributed by atoms with Gasteiger partial charge in [-0.15, -0.1) is 0 Å². The fraction of sp³-hybridized carbons (Fsp3) is 0. The summed E-state index contributed by atoms with van der Waals surface area (Å²) in [7, 11) is 0. The van der Waals surface area contributed by atoms with Gasteiger partial charge in [0.15, 0.2) is 0 Å². The van der Waals surface area contributed by atoms with Crippen molar-refractivity contribution in [3.05, 3.63) is 0 Å². The maximum atomic E-state index is 9.37. The van der Waals surface area contributed by atoms with Crippen LogP contribution >= 0.6 is 0 Å². The summed E-state index contributed by atoms with van der Waals surface area (Å²) in [4.78, 5) is 18.5. The number of imide groups is 1. The summed E-state index contributed by atoms with van der Waals surface area (Å²) >= 11 is 0. The zero-order valence-electron chi connectivity index (χ0n) is 2.89. The fourth-order valence-corrected chi connectivity index (χ4v) is 0.0535. The van der Waals surface area contributed by atoms with Gasteiger partial charge in [0.2, 0.25) is 6.41 Å². The predicted octanol–water partition coefficient (Wildman–Crippen LogP) is -0.865. The van der Waals surface area contributed by atoms with E-state index in [9.17, 15) is 4.79 Å². The van der Waals surface area contributed by atoms with Crippen LogP contribution in [0.2, 0.25) is 0 Å². The van der Waals surface area contributed by atoms with Crippen molar-refractivity contribution in [2.45, 2.75) is 0 Å². The molecular weight excluding hydrogens is 84.0 g/mol. The summed E-state index contributed by atoms with van der Waals surface area (Å²) in [6.45, 7) is 0. The molecule has 0 bridgehead atoms. The monoisotopic (exact) mass is 87.0 g/mol. The molecule has 0 aromatic rings. The highest BCUT2D eigenvalue weighted by molar-refractivity contribution is 5.82. The summed E-state index contributed by atoms with van der Waals surface area (Å²) in [6.07, 6.45) is 0.162. The lowest BCUT2D eigenvalue weighted by Gasteiger charge is -1.77. The number of nitrogens with one attached hydrogen (secondary N) is 2. The van der Waals surface area contributed by atoms with Crippen molar-refractivity contribution in [1.29, 1.82) is 0 Å². The largest absolute Gasteiger partial charge is 0.339 e. The molecule has 0 fully saturated rings. The van der Waals surface area contributed by atoms with Gasteiger partial charge < -0.3 is 0 Å². The topological polar surface area (TPSA) is 70.0 Å². The molecule has 0 saturated carbocycles. The lowest BCUT2D eigenvalue weighted by Crippen LogP contribution is -2.19. The number of carbonyl (C=O) groups is 2. The molecule has 2 N–H and O–H groups in total. The highest BCUT2D eigenvalue weighted by Crippen LogP contribution is 1.45. The van der Waals surface area contributed by atoms with Gasteiger partial charge in [-0.1, -0.05) is 0 Å². The number of carbonyl (C=O) groups excluding carboxylic acids is 2. The Balaban J connectivity index is 3.05. The van der Waals surface area contributed by atoms with Crippen molar-refractivity contribution >= 4 is 12.4 Å². The molecule has 0 aliphatic heterocycles. The van der Waals surface area contributed by atoms with Crippen molar-refractivity contribution in [3.63, 3.8) is 0 Å². The summed E-state index contributed by atoms with van der Waals surface area (Å²) in [5, 5.41) is 1.56. The van der Waals surface area contributed by atoms with E-state index < -0.39 is 6.03 Å². The molecule has 4 nitrogen and oxygen atoms in total. The van der Waals surface area contributed by atoms with Crippen LogP contribution in [0.3, 0.4) is 0 Å². The molecule has 6 heavy (non-hydrogen) atoms. The van der Waals surface area contributed by atoms with Gasteiger partial charge in [0.1, 0.15) is 0 Å². The van der Waals surface area contributed by atoms with E-state index in [0.29, 0.717) is 0 Å². The average molecular weight is 87.1 g/mol. The first-order chi connectivity index (χ1) is 2.77. The lowest BCUT2D eigenvalue weighted by atomic mass is 11.0. The van der Waals surface area contributed by atoms with E-state index >= 15 is 0 Å². The highest BCUT2D eigenvalue weighted by Gasteiger charge is 1.81. The SMILES string of the molecule is [NH]C(=O)NC=O. The van der Waals surface area contributed by atoms with Crippen LogP contribution in [0.15, 0.2) is 0 Å². The molecule has 0 saturated heterocycles. The van der Waals surface area contributed by atoms with E-state index in [1.165, 1.54) is 0 Å². The zero-order valence-corrected chi connectivity index (χ0v) is 2.89. The van der Waals surface area contributed by atoms with Gasteiger partial charge in [0.25, 0.3) is 0 Å². The van der Waals surface area contributed by atoms with E-state index in [2.05, 4.69) is 0 Å². The molecule has 0 unspecified atom stereocenters. The Morgan fingerprint density at radius 3 is 2.33 bits per heavy atom. The second kappa shape index (κ2) is 2.19. The van der Waals surface area contributed by atoms with E-state index in [-0.39, 0.29) is 6.41 Å². The first-order valence-electron chi connectivity index (χ1n) is 1.23. The first kappa shape index (κ1) is 4.94. The Labute approximate surface area is 34.3 Å². The second-order valence-corrected chi connectivity index (χ2v) is 0.591. The molecule has 4 heteroatoms. The number of amides is 3. The third kappa shape index (κ3) is 2.94. The Hall–Kier alpha value is -1.06. The van der Waals surface area contributed by atoms with Crippen LogP contribution in [-0.2, 0) is 4.79 Å². The normalized spacial score (nSPS) is 6.67. The van der Waals surface area contributed by atoms with Gasteiger partial charge in [-0.2, -0.15) is 0 Å². The van der Waals surface area contributed by atoms with Crippen molar-refractivity contribution in [1.82, 2.24) is 11.1 Å². The minimum Gasteiger partial charge on any atom is -0.279 e. The zero-order chi connectivity index (χ0) is 4.99. The molecular formula is C2H3N2O2. The molecule has 0 heterocycles. The second-order valence-electron chi connectivity index (χ2n) is 0.591. The number of rotatable bonds is 1. The Morgan fingerprint density at radius 1 is 1.83 bits per heavy atom. The van der Waals surface area contributed by atoms with E-state index in [4.69, 9.17) is 10.5 Å². The number of urea groups is 1. The van der Waals surface area contributed by atoms with Gasteiger partial charge in [0, 0.05) is 0 Å². The maximum absolute atomic E-state index is 9.37. The molecule has 0 aromatic carbocycles. The third-order valence-electron chi connectivity index (χ3n) is 0.190. The fourth-order valence-electron chi connectivity index (χ4n) is 0.0535. The van der Waals surface area contributed by atoms with Crippen LogP contribution in [0.1, 0.15) is 0 Å². The lowest BCUT2D eigenvalue weighted by molar-refractivity contribution is -0.108. The van der Waals surface area contributed by atoms with Crippen LogP contribution < -0.4 is 11.1 Å². The molecule has 0 aliphatic carbocycles. The molecule has 0 rings (SSSR count). The van der Waals surface area contributed by atoms with Gasteiger partial charge in [-0.3, -0.25) is 10.1 Å². The van der Waals surface area contributed by atoms with Gasteiger partial charge in [0.05, 0.1) is 0 Å². The van der Waals surface area contributed by atoms with Crippen LogP contribution in [0.4, 0.5) is 4.79 Å². The maximum Gasteiger partial charge on any atom is 0.339 e. The molecule has 0 aliphatic rings. The summed E-state index contributed by atoms with van der Waals surface area (Å²) in [5.41, 5.74) is 6.00. The summed E-state index contributed by atoms with van der Waals surface area (Å²) in [6, 6.07) is -1.08. The first-order valence-corrected chi connectivity index (χ1v) is 1.23. The molecule has 1 radical (unpaired) electrons. The van der Waals surface area contributed by atoms with Crippen molar-refractivity contribution in [2.75, 3.05) is 0 Å². The Bertz CT molecular complexity index is 69.9. The molecule has 0 spiro atoms. The van der Waals surface area contributed by atoms with E-state index in [0.717, 1.165) is 0 Å². The smallest absolute Gasteiger partial charge is 0.279 e. The van der Waals surface area contributed by atoms with E-state index in [1.54, 1.807) is 5.32 Å². The standard InChI is InChI=1S/C2H3N2O2/c3-2(6)4-1-5/h1,3H,(H,4,5,6). The minimum absolute atomic E-state index is 0.162. The summed E-state index contributed by atoms with van der Waals surface area (Å²) in [5.74, 6) is 0. The van der Waals surface area contributed by atoms with Crippen LogP contribution in [0, 0.1) is 0 Å². The third-order valence-corrected chi connectivity index (χ3v) is 0.190. The number of hydrogen-bond donors (Lipinski definition) is 1. The van der Waals surface area contributed by atoms with Gasteiger partial charge in [-0.25, -0.2) is 10.5 Å². The molecule has 33 valence electrons. The predicted molar refractivity (Wildman–Crippen MR) is 17.7 cm³/mol. The number of hydrogen-bond acceptors (Lipinski definition) is 2. The minimum atomic E-state index is -1.08. The Kier molecular flexibility index (Phi) is 1.81. The van der Waals surface area contributed by atoms with Crippen LogP contribution in [0.25, 0.3) is 0 Å². The van der Waals surface area contributed by atoms with Crippen molar-refractivity contribution < 1.29 is 9.59 Å². The quantitative estimate of drug-likeness (QED) is 0.422. The van der Waals surface area contributed by atoms with Crippen molar-refractivity contribution in [2.24, 2.45) is 0 Å². The average Bonchev–Trinajstić information content (AvgIpc) is 1.35. The summed E-state index contributed by atoms with van der Waals surface area (Å²) < 4.78 is 0. The molecule has 3 amide bonds. The van der Waals surface area contributed by atoms with Crippen molar-refractivity contribution in [3.8, 4) is 0 Å². The van der Waals surface area contributed by atoms with Crippen LogP contribution in [0.5, 0.6) is 0 Å². The van der Waals surface area contributed by atoms with Gasteiger partial charge in [-0.05, 0) is 0 Å². The Morgan fingerprint density at radius 2 is 2.33 bits per heavy atom. The van der Waals surface area contributed by atoms with Gasteiger partial charge >= 0.3 is 6.03 Å². The molecule has 0 atom stereocenters. The molecule has 0 aromatic heterocycles. The van der Waals surface area contributed by atoms with Crippen LogP contribution in [-0.4, -0.2) is 12.4 Å². The highest BCUT2D eigenvalue weighted by atomic mass is 16.2.